The molecule has 4 rings (SSSR count). The van der Waals surface area contributed by atoms with Gasteiger partial charge in [-0.3, -0.25) is 19.1 Å². The number of carbonyl (C=O) groups excluding carboxylic acids is 1. The third-order valence-corrected chi connectivity index (χ3v) is 5.53. The van der Waals surface area contributed by atoms with Crippen molar-refractivity contribution < 1.29 is 4.79 Å². The number of hydrogen-bond acceptors (Lipinski definition) is 4. The highest BCUT2D eigenvalue weighted by atomic mass is 16.2. The van der Waals surface area contributed by atoms with Gasteiger partial charge in [-0.05, 0) is 50.8 Å². The smallest absolute Gasteiger partial charge is 0.329 e. The molecule has 1 aliphatic carbocycles. The van der Waals surface area contributed by atoms with Crippen molar-refractivity contribution >= 4 is 16.9 Å². The first-order chi connectivity index (χ1) is 13.9. The van der Waals surface area contributed by atoms with Crippen molar-refractivity contribution in [3.05, 3.63) is 73.6 Å². The lowest BCUT2D eigenvalue weighted by Crippen LogP contribution is -2.34. The van der Waals surface area contributed by atoms with Gasteiger partial charge in [0.2, 0.25) is 0 Å². The summed E-state index contributed by atoms with van der Waals surface area (Å²) >= 11 is 0. The Labute approximate surface area is 167 Å². The lowest BCUT2D eigenvalue weighted by Gasteiger charge is -2.18. The van der Waals surface area contributed by atoms with Crippen LogP contribution in [0.3, 0.4) is 0 Å². The summed E-state index contributed by atoms with van der Waals surface area (Å²) in [7, 11) is 0. The zero-order valence-corrected chi connectivity index (χ0v) is 16.8. The van der Waals surface area contributed by atoms with Crippen LogP contribution in [0.2, 0.25) is 0 Å². The molecule has 29 heavy (non-hydrogen) atoms. The quantitative estimate of drug-likeness (QED) is 0.698. The fraction of sp³-hybridized carbons (Fsp3) is 0.364. The average molecular weight is 392 g/mol. The van der Waals surface area contributed by atoms with Crippen molar-refractivity contribution in [1.29, 1.82) is 0 Å². The maximum Gasteiger partial charge on any atom is 0.329 e. The van der Waals surface area contributed by atoms with Gasteiger partial charge in [-0.1, -0.05) is 24.3 Å². The largest absolute Gasteiger partial charge is 0.345 e. The second-order valence-electron chi connectivity index (χ2n) is 7.62. The molecule has 0 bridgehead atoms. The Kier molecular flexibility index (Phi) is 4.82. The maximum absolute atomic E-state index is 13.2. The first-order valence-corrected chi connectivity index (χ1v) is 9.94. The van der Waals surface area contributed by atoms with E-state index in [0.717, 1.165) is 29.7 Å². The van der Waals surface area contributed by atoms with E-state index in [0.29, 0.717) is 6.54 Å². The molecular weight excluding hydrogens is 368 g/mol. The molecule has 2 N–H and O–H groups in total. The average Bonchev–Trinajstić information content (AvgIpc) is 3.52. The van der Waals surface area contributed by atoms with Crippen LogP contribution < -0.4 is 16.6 Å². The number of benzene rings is 1. The molecule has 0 radical (unpaired) electrons. The van der Waals surface area contributed by atoms with Crippen LogP contribution in [0.5, 0.6) is 0 Å². The Morgan fingerprint density at radius 3 is 2.69 bits per heavy atom. The minimum Gasteiger partial charge on any atom is -0.345 e. The third-order valence-electron chi connectivity index (χ3n) is 5.53. The summed E-state index contributed by atoms with van der Waals surface area (Å²) < 4.78 is 1.41. The molecule has 2 aromatic heterocycles. The van der Waals surface area contributed by atoms with Gasteiger partial charge in [0, 0.05) is 18.2 Å². The van der Waals surface area contributed by atoms with Crippen LogP contribution in [-0.2, 0) is 6.54 Å². The van der Waals surface area contributed by atoms with Gasteiger partial charge in [-0.25, -0.2) is 9.78 Å². The molecular formula is C22H24N4O3. The number of hydrogen-bond donors (Lipinski definition) is 2. The van der Waals surface area contributed by atoms with E-state index in [1.165, 1.54) is 4.57 Å². The number of aromatic amines is 1. The number of amides is 1. The lowest BCUT2D eigenvalue weighted by molar-refractivity contribution is 0.0941. The standard InChI is InChI=1S/C22H24N4O3/c1-4-26-19-18(21(28)25-22(26)29)16(11-17(24-19)14-9-10-14)20(27)23-13(3)15-8-6-5-7-12(15)2/h5-8,11,13-14H,4,9-10H2,1-3H3,(H,23,27)(H,25,28,29)/t13-/m1/s1. The lowest BCUT2D eigenvalue weighted by atomic mass is 10.0. The van der Waals surface area contributed by atoms with Crippen molar-refractivity contribution in [2.75, 3.05) is 0 Å². The van der Waals surface area contributed by atoms with Crippen LogP contribution in [0.25, 0.3) is 11.0 Å². The minimum absolute atomic E-state index is 0.158. The zero-order valence-electron chi connectivity index (χ0n) is 16.8. The number of rotatable bonds is 5. The SMILES string of the molecule is CCn1c(=O)[nH]c(=O)c2c(C(=O)N[C@H](C)c3ccccc3C)cc(C3CC3)nc21. The van der Waals surface area contributed by atoms with E-state index >= 15 is 0 Å². The molecule has 150 valence electrons. The first kappa shape index (κ1) is 19.1. The van der Waals surface area contributed by atoms with Gasteiger partial charge in [-0.15, -0.1) is 0 Å². The fourth-order valence-corrected chi connectivity index (χ4v) is 3.78. The Morgan fingerprint density at radius 1 is 1.31 bits per heavy atom. The summed E-state index contributed by atoms with van der Waals surface area (Å²) in [5, 5.41) is 3.16. The van der Waals surface area contributed by atoms with Gasteiger partial charge in [0.05, 0.1) is 17.0 Å². The maximum atomic E-state index is 13.2. The molecule has 3 aromatic rings. The van der Waals surface area contributed by atoms with Crippen molar-refractivity contribution in [2.45, 2.75) is 52.1 Å². The molecule has 7 heteroatoms. The molecule has 0 aliphatic heterocycles. The van der Waals surface area contributed by atoms with Crippen molar-refractivity contribution in [1.82, 2.24) is 19.9 Å². The summed E-state index contributed by atoms with van der Waals surface area (Å²) in [6.07, 6.45) is 2.00. The van der Waals surface area contributed by atoms with Gasteiger partial charge in [0.15, 0.2) is 5.65 Å². The van der Waals surface area contributed by atoms with Gasteiger partial charge in [0.25, 0.3) is 11.5 Å². The summed E-state index contributed by atoms with van der Waals surface area (Å²) in [6.45, 7) is 6.08. The Bertz CT molecular complexity index is 1220. The molecule has 1 saturated carbocycles. The second kappa shape index (κ2) is 7.31. The van der Waals surface area contributed by atoms with Crippen LogP contribution in [0.4, 0.5) is 0 Å². The number of pyridine rings is 1. The molecule has 1 aromatic carbocycles. The highest BCUT2D eigenvalue weighted by molar-refractivity contribution is 6.05. The summed E-state index contributed by atoms with van der Waals surface area (Å²) in [5.74, 6) is -0.0682. The molecule has 0 saturated heterocycles. The molecule has 1 atom stereocenters. The molecule has 7 nitrogen and oxygen atoms in total. The predicted octanol–water partition coefficient (Wildman–Crippen LogP) is 2.78. The number of aromatic nitrogens is 3. The number of nitrogens with zero attached hydrogens (tertiary/aromatic N) is 2. The number of nitrogens with one attached hydrogen (secondary N) is 2. The van der Waals surface area contributed by atoms with Crippen molar-refractivity contribution in [2.24, 2.45) is 0 Å². The van der Waals surface area contributed by atoms with E-state index in [1.807, 2.05) is 45.0 Å². The molecule has 1 aliphatic rings. The zero-order chi connectivity index (χ0) is 20.7. The van der Waals surface area contributed by atoms with E-state index in [2.05, 4.69) is 15.3 Å². The van der Waals surface area contributed by atoms with Gasteiger partial charge in [-0.2, -0.15) is 0 Å². The van der Waals surface area contributed by atoms with E-state index in [1.54, 1.807) is 6.07 Å². The molecule has 0 spiro atoms. The summed E-state index contributed by atoms with van der Waals surface area (Å²) in [4.78, 5) is 45.0. The highest BCUT2D eigenvalue weighted by Gasteiger charge is 2.29. The molecule has 0 unspecified atom stereocenters. The topological polar surface area (TPSA) is 96.9 Å². The van der Waals surface area contributed by atoms with E-state index in [9.17, 15) is 14.4 Å². The normalized spacial score (nSPS) is 14.7. The number of carbonyl (C=O) groups is 1. The van der Waals surface area contributed by atoms with Crippen LogP contribution in [0.15, 0.2) is 39.9 Å². The van der Waals surface area contributed by atoms with Gasteiger partial charge >= 0.3 is 5.69 Å². The van der Waals surface area contributed by atoms with E-state index < -0.39 is 11.2 Å². The van der Waals surface area contributed by atoms with Gasteiger partial charge in [0.1, 0.15) is 0 Å². The Hall–Kier alpha value is -3.22. The molecule has 1 fully saturated rings. The number of aryl methyl sites for hydroxylation is 2. The highest BCUT2D eigenvalue weighted by Crippen LogP contribution is 2.40. The van der Waals surface area contributed by atoms with Crippen LogP contribution in [-0.4, -0.2) is 20.4 Å². The van der Waals surface area contributed by atoms with Crippen molar-refractivity contribution in [3.8, 4) is 0 Å². The first-order valence-electron chi connectivity index (χ1n) is 9.94. The number of fused-ring (bicyclic) bond motifs is 1. The monoisotopic (exact) mass is 392 g/mol. The molecule has 2 heterocycles. The van der Waals surface area contributed by atoms with Crippen LogP contribution >= 0.6 is 0 Å². The van der Waals surface area contributed by atoms with Crippen LogP contribution in [0.1, 0.15) is 65.8 Å². The van der Waals surface area contributed by atoms with E-state index in [4.69, 9.17) is 0 Å². The Balaban J connectivity index is 1.84. The number of H-pyrrole nitrogens is 1. The fourth-order valence-electron chi connectivity index (χ4n) is 3.78. The summed E-state index contributed by atoms with van der Waals surface area (Å²) in [6, 6.07) is 9.34. The van der Waals surface area contributed by atoms with E-state index in [-0.39, 0.29) is 34.5 Å². The minimum atomic E-state index is -0.585. The predicted molar refractivity (Wildman–Crippen MR) is 111 cm³/mol. The third kappa shape index (κ3) is 3.48. The van der Waals surface area contributed by atoms with Gasteiger partial charge < -0.3 is 5.32 Å². The molecule has 1 amide bonds. The second-order valence-corrected chi connectivity index (χ2v) is 7.62. The Morgan fingerprint density at radius 2 is 2.03 bits per heavy atom. The van der Waals surface area contributed by atoms with Crippen molar-refractivity contribution in [3.63, 3.8) is 0 Å². The van der Waals surface area contributed by atoms with Crippen LogP contribution in [0, 0.1) is 6.92 Å². The summed E-state index contributed by atoms with van der Waals surface area (Å²) in [5.41, 5.74) is 2.30.